The number of phenolic OH excluding ortho intramolecular Hbond substituents is 1. The highest BCUT2D eigenvalue weighted by molar-refractivity contribution is 8.00. The minimum Gasteiger partial charge on any atom is -0.508 e. The summed E-state index contributed by atoms with van der Waals surface area (Å²) >= 11 is 13.4. The molecule has 0 saturated carbocycles. The van der Waals surface area contributed by atoms with E-state index in [9.17, 15) is 14.7 Å². The Morgan fingerprint density at radius 1 is 1.11 bits per heavy atom. The minimum atomic E-state index is -0.331. The molecule has 1 unspecified atom stereocenters. The number of rotatable bonds is 8. The van der Waals surface area contributed by atoms with E-state index in [1.54, 1.807) is 37.3 Å². The van der Waals surface area contributed by atoms with Crippen molar-refractivity contribution in [3.63, 3.8) is 0 Å². The number of nitrogens with one attached hydrogen (secondary N) is 2. The first-order valence-corrected chi connectivity index (χ1v) is 9.97. The van der Waals surface area contributed by atoms with Gasteiger partial charge in [-0.3, -0.25) is 9.59 Å². The molecular weight excluding hydrogens is 407 g/mol. The molecular formula is C19H20Cl2N2O3S. The summed E-state index contributed by atoms with van der Waals surface area (Å²) in [6.45, 7) is 2.64. The van der Waals surface area contributed by atoms with E-state index in [1.165, 1.54) is 23.9 Å². The van der Waals surface area contributed by atoms with E-state index in [4.69, 9.17) is 23.2 Å². The Labute approximate surface area is 172 Å². The molecule has 0 spiro atoms. The second-order valence-electron chi connectivity index (χ2n) is 5.79. The maximum absolute atomic E-state index is 12.2. The molecule has 3 N–H and O–H groups in total. The predicted molar refractivity (Wildman–Crippen MR) is 110 cm³/mol. The summed E-state index contributed by atoms with van der Waals surface area (Å²) in [6.07, 6.45) is 0.589. The van der Waals surface area contributed by atoms with Gasteiger partial charge in [-0.15, -0.1) is 11.8 Å². The van der Waals surface area contributed by atoms with Gasteiger partial charge in [-0.05, 0) is 49.7 Å². The smallest absolute Gasteiger partial charge is 0.251 e. The van der Waals surface area contributed by atoms with Crippen molar-refractivity contribution in [2.75, 3.05) is 13.1 Å². The Hall–Kier alpha value is -1.89. The van der Waals surface area contributed by atoms with E-state index in [-0.39, 0.29) is 22.8 Å². The van der Waals surface area contributed by atoms with Crippen LogP contribution in [0.2, 0.25) is 10.0 Å². The summed E-state index contributed by atoms with van der Waals surface area (Å²) in [5, 5.41) is 15.7. The first kappa shape index (κ1) is 21.4. The molecule has 0 aromatic heterocycles. The molecule has 1 atom stereocenters. The number of carbonyl (C=O) groups excluding carboxylic acids is 2. The maximum Gasteiger partial charge on any atom is 0.251 e. The zero-order valence-electron chi connectivity index (χ0n) is 14.7. The summed E-state index contributed by atoms with van der Waals surface area (Å²) in [6, 6.07) is 11.3. The Morgan fingerprint density at radius 2 is 1.85 bits per heavy atom. The lowest BCUT2D eigenvalue weighted by Gasteiger charge is -2.13. The van der Waals surface area contributed by atoms with E-state index in [1.807, 2.05) is 0 Å². The van der Waals surface area contributed by atoms with Crippen molar-refractivity contribution in [3.8, 4) is 5.75 Å². The number of amides is 2. The SMILES string of the molecule is CC(Sc1cc(Cl)ccc1Cl)C(=O)NCCCNC(=O)c1cccc(O)c1. The summed E-state index contributed by atoms with van der Waals surface area (Å²) in [7, 11) is 0. The fourth-order valence-corrected chi connectivity index (χ4v) is 3.64. The van der Waals surface area contributed by atoms with Gasteiger partial charge in [-0.25, -0.2) is 0 Å². The highest BCUT2D eigenvalue weighted by atomic mass is 35.5. The third-order valence-corrected chi connectivity index (χ3v) is 5.45. The van der Waals surface area contributed by atoms with Crippen LogP contribution in [0.1, 0.15) is 23.7 Å². The largest absolute Gasteiger partial charge is 0.508 e. The van der Waals surface area contributed by atoms with Gasteiger partial charge in [0.1, 0.15) is 5.75 Å². The minimum absolute atomic E-state index is 0.0428. The number of hydrogen-bond donors (Lipinski definition) is 3. The maximum atomic E-state index is 12.2. The Morgan fingerprint density at radius 3 is 2.59 bits per heavy atom. The van der Waals surface area contributed by atoms with Crippen LogP contribution in [-0.4, -0.2) is 35.3 Å². The topological polar surface area (TPSA) is 78.4 Å². The average Bonchev–Trinajstić information content (AvgIpc) is 2.64. The molecule has 0 bridgehead atoms. The van der Waals surface area contributed by atoms with Gasteiger partial charge in [-0.1, -0.05) is 29.3 Å². The van der Waals surface area contributed by atoms with Crippen LogP contribution in [0, 0.1) is 0 Å². The van der Waals surface area contributed by atoms with Crippen molar-refractivity contribution in [3.05, 3.63) is 58.1 Å². The highest BCUT2D eigenvalue weighted by Crippen LogP contribution is 2.32. The van der Waals surface area contributed by atoms with Crippen molar-refractivity contribution in [1.29, 1.82) is 0 Å². The van der Waals surface area contributed by atoms with Crippen LogP contribution in [0.25, 0.3) is 0 Å². The van der Waals surface area contributed by atoms with Crippen LogP contribution in [0.4, 0.5) is 0 Å². The summed E-state index contributed by atoms with van der Waals surface area (Å²) in [5.41, 5.74) is 0.391. The molecule has 0 aliphatic heterocycles. The van der Waals surface area contributed by atoms with Gasteiger partial charge in [-0.2, -0.15) is 0 Å². The van der Waals surface area contributed by atoms with Gasteiger partial charge >= 0.3 is 0 Å². The van der Waals surface area contributed by atoms with Crippen LogP contribution in [0.5, 0.6) is 5.75 Å². The molecule has 2 aromatic carbocycles. The van der Waals surface area contributed by atoms with Gasteiger partial charge in [0.25, 0.3) is 5.91 Å². The fourth-order valence-electron chi connectivity index (χ4n) is 2.21. The zero-order valence-corrected chi connectivity index (χ0v) is 17.0. The second-order valence-corrected chi connectivity index (χ2v) is 8.01. The molecule has 144 valence electrons. The molecule has 2 amide bonds. The average molecular weight is 427 g/mol. The molecule has 0 fully saturated rings. The van der Waals surface area contributed by atoms with Gasteiger partial charge in [0.15, 0.2) is 0 Å². The monoisotopic (exact) mass is 426 g/mol. The van der Waals surface area contributed by atoms with E-state index >= 15 is 0 Å². The summed E-state index contributed by atoms with van der Waals surface area (Å²) < 4.78 is 0. The second kappa shape index (κ2) is 10.4. The Bertz CT molecular complexity index is 817. The number of phenols is 1. The first-order chi connectivity index (χ1) is 12.9. The van der Waals surface area contributed by atoms with Crippen LogP contribution >= 0.6 is 35.0 Å². The van der Waals surface area contributed by atoms with Crippen LogP contribution in [0.3, 0.4) is 0 Å². The molecule has 0 radical (unpaired) electrons. The molecule has 0 saturated heterocycles. The predicted octanol–water partition coefficient (Wildman–Crippen LogP) is 4.12. The van der Waals surface area contributed by atoms with Gasteiger partial charge in [0, 0.05) is 28.6 Å². The molecule has 0 heterocycles. The zero-order chi connectivity index (χ0) is 19.8. The van der Waals surface area contributed by atoms with Crippen molar-refractivity contribution in [1.82, 2.24) is 10.6 Å². The molecule has 0 aliphatic rings. The number of aromatic hydroxyl groups is 1. The molecule has 2 rings (SSSR count). The Balaban J connectivity index is 1.69. The van der Waals surface area contributed by atoms with Crippen molar-refractivity contribution < 1.29 is 14.7 Å². The van der Waals surface area contributed by atoms with E-state index in [0.29, 0.717) is 35.1 Å². The van der Waals surface area contributed by atoms with Crippen molar-refractivity contribution >= 4 is 46.8 Å². The molecule has 2 aromatic rings. The number of carbonyl (C=O) groups is 2. The van der Waals surface area contributed by atoms with Gasteiger partial charge < -0.3 is 15.7 Å². The van der Waals surface area contributed by atoms with Crippen LogP contribution in [-0.2, 0) is 4.79 Å². The van der Waals surface area contributed by atoms with Crippen LogP contribution < -0.4 is 10.6 Å². The van der Waals surface area contributed by atoms with E-state index in [2.05, 4.69) is 10.6 Å². The quantitative estimate of drug-likeness (QED) is 0.438. The van der Waals surface area contributed by atoms with Crippen LogP contribution in [0.15, 0.2) is 47.4 Å². The molecule has 27 heavy (non-hydrogen) atoms. The Kier molecular flexibility index (Phi) is 8.28. The third kappa shape index (κ3) is 6.97. The number of halogens is 2. The van der Waals surface area contributed by atoms with Gasteiger partial charge in [0.05, 0.1) is 10.3 Å². The molecule has 5 nitrogen and oxygen atoms in total. The van der Waals surface area contributed by atoms with Crippen molar-refractivity contribution in [2.24, 2.45) is 0 Å². The molecule has 8 heteroatoms. The van der Waals surface area contributed by atoms with Gasteiger partial charge in [0.2, 0.25) is 5.91 Å². The lowest BCUT2D eigenvalue weighted by molar-refractivity contribution is -0.120. The highest BCUT2D eigenvalue weighted by Gasteiger charge is 2.15. The lowest BCUT2D eigenvalue weighted by atomic mass is 10.2. The summed E-state index contributed by atoms with van der Waals surface area (Å²) in [5.74, 6) is -0.340. The number of thioether (sulfide) groups is 1. The van der Waals surface area contributed by atoms with E-state index in [0.717, 1.165) is 4.90 Å². The third-order valence-electron chi connectivity index (χ3n) is 3.61. The lowest BCUT2D eigenvalue weighted by Crippen LogP contribution is -2.33. The number of benzene rings is 2. The van der Waals surface area contributed by atoms with E-state index < -0.39 is 0 Å². The van der Waals surface area contributed by atoms with Crippen molar-refractivity contribution in [2.45, 2.75) is 23.5 Å². The first-order valence-electron chi connectivity index (χ1n) is 8.33. The fraction of sp³-hybridized carbons (Fsp3) is 0.263. The standard InChI is InChI=1S/C19H20Cl2N2O3S/c1-12(27-17-11-14(20)6-7-16(17)21)18(25)22-8-3-9-23-19(26)13-4-2-5-15(24)10-13/h2,4-7,10-12,24H,3,8-9H2,1H3,(H,22,25)(H,23,26). The summed E-state index contributed by atoms with van der Waals surface area (Å²) in [4.78, 5) is 24.9. The normalized spacial score (nSPS) is 11.7. The number of hydrogen-bond acceptors (Lipinski definition) is 4. The molecule has 0 aliphatic carbocycles.